The van der Waals surface area contributed by atoms with Crippen molar-refractivity contribution >= 4 is 53.3 Å². The maximum Gasteiger partial charge on any atom is 0.235 e. The molecule has 0 saturated heterocycles. The lowest BCUT2D eigenvalue weighted by molar-refractivity contribution is 0.660. The van der Waals surface area contributed by atoms with Crippen LogP contribution in [0.4, 0.5) is 0 Å². The molecule has 0 amide bonds. The first-order chi connectivity index (χ1) is 23.1. The highest BCUT2D eigenvalue weighted by Crippen LogP contribution is 2.49. The molecule has 3 aromatic heterocycles. The average Bonchev–Trinajstić information content (AvgIpc) is 3.74. The minimum Gasteiger partial charge on any atom is -0.278 e. The minimum absolute atomic E-state index is 0.0369. The second-order valence-corrected chi connectivity index (χ2v) is 14.1. The smallest absolute Gasteiger partial charge is 0.235 e. The van der Waals surface area contributed by atoms with Gasteiger partial charge in [-0.25, -0.2) is 9.97 Å². The first-order valence-corrected chi connectivity index (χ1v) is 16.9. The molecule has 0 radical (unpaired) electrons. The third-order valence-electron chi connectivity index (χ3n) is 10.1. The molecule has 222 valence electrons. The number of hydrogen-bond donors (Lipinski definition) is 0. The number of aromatic nitrogens is 3. The average molecular weight is 620 g/mol. The van der Waals surface area contributed by atoms with Crippen molar-refractivity contribution in [2.24, 2.45) is 0 Å². The zero-order valence-corrected chi connectivity index (χ0v) is 26.8. The molecule has 1 aliphatic carbocycles. The number of nitrogens with zero attached hydrogens (tertiary/aromatic N) is 3. The minimum atomic E-state index is -0.0369. The van der Waals surface area contributed by atoms with E-state index in [-0.39, 0.29) is 5.41 Å². The van der Waals surface area contributed by atoms with E-state index in [0.29, 0.717) is 5.95 Å². The first kappa shape index (κ1) is 26.6. The zero-order chi connectivity index (χ0) is 31.3. The van der Waals surface area contributed by atoms with E-state index in [1.165, 1.54) is 64.3 Å². The van der Waals surface area contributed by atoms with Crippen LogP contribution in [0.5, 0.6) is 0 Å². The Morgan fingerprint density at radius 1 is 0.574 bits per heavy atom. The Balaban J connectivity index is 1.10. The van der Waals surface area contributed by atoms with Crippen molar-refractivity contribution in [1.29, 1.82) is 0 Å². The van der Waals surface area contributed by atoms with Gasteiger partial charge < -0.3 is 0 Å². The van der Waals surface area contributed by atoms with Crippen molar-refractivity contribution in [2.75, 3.05) is 0 Å². The predicted octanol–water partition coefficient (Wildman–Crippen LogP) is 11.6. The summed E-state index contributed by atoms with van der Waals surface area (Å²) in [5, 5.41) is 5.08. The SMILES string of the molecule is CC1(C)c2ccccc2-c2ccc(-c3cccc(-c4ccnc(-n5c6ccccc6c6c7sc8ccccc8c7ccc65)n4)c3)cc21. The summed E-state index contributed by atoms with van der Waals surface area (Å²) in [6.45, 7) is 4.67. The number of rotatable bonds is 3. The number of thiophene rings is 1. The first-order valence-electron chi connectivity index (χ1n) is 16.1. The quantitative estimate of drug-likeness (QED) is 0.197. The maximum absolute atomic E-state index is 5.21. The van der Waals surface area contributed by atoms with Gasteiger partial charge in [-0.3, -0.25) is 4.57 Å². The lowest BCUT2D eigenvalue weighted by Gasteiger charge is -2.22. The Morgan fingerprint density at radius 2 is 1.34 bits per heavy atom. The summed E-state index contributed by atoms with van der Waals surface area (Å²) >= 11 is 1.86. The lowest BCUT2D eigenvalue weighted by atomic mass is 9.81. The molecule has 1 aliphatic rings. The van der Waals surface area contributed by atoms with Gasteiger partial charge in [-0.2, -0.15) is 0 Å². The van der Waals surface area contributed by atoms with Crippen LogP contribution >= 0.6 is 11.3 Å². The Labute approximate surface area is 276 Å². The molecular formula is C43H29N3S. The van der Waals surface area contributed by atoms with Crippen LogP contribution < -0.4 is 0 Å². The van der Waals surface area contributed by atoms with Gasteiger partial charge in [-0.1, -0.05) is 111 Å². The van der Waals surface area contributed by atoms with Gasteiger partial charge in [0.25, 0.3) is 0 Å². The fourth-order valence-electron chi connectivity index (χ4n) is 7.81. The van der Waals surface area contributed by atoms with Gasteiger partial charge >= 0.3 is 0 Å². The summed E-state index contributed by atoms with van der Waals surface area (Å²) < 4.78 is 4.84. The largest absolute Gasteiger partial charge is 0.278 e. The molecule has 0 aliphatic heterocycles. The number of benzene rings is 6. The van der Waals surface area contributed by atoms with E-state index in [4.69, 9.17) is 9.97 Å². The molecule has 0 N–H and O–H groups in total. The normalized spacial score (nSPS) is 13.5. The van der Waals surface area contributed by atoms with E-state index in [1.807, 2.05) is 23.6 Å². The van der Waals surface area contributed by atoms with Crippen molar-refractivity contribution in [1.82, 2.24) is 14.5 Å². The molecule has 9 aromatic rings. The zero-order valence-electron chi connectivity index (χ0n) is 26.0. The van der Waals surface area contributed by atoms with Gasteiger partial charge in [0.05, 0.1) is 16.7 Å². The third kappa shape index (κ3) is 3.79. The van der Waals surface area contributed by atoms with E-state index in [2.05, 4.69) is 146 Å². The van der Waals surface area contributed by atoms with Crippen molar-refractivity contribution in [2.45, 2.75) is 19.3 Å². The van der Waals surface area contributed by atoms with Crippen molar-refractivity contribution < 1.29 is 0 Å². The van der Waals surface area contributed by atoms with E-state index in [1.54, 1.807) is 0 Å². The number of para-hydroxylation sites is 1. The molecule has 0 saturated carbocycles. The summed E-state index contributed by atoms with van der Waals surface area (Å²) in [7, 11) is 0. The van der Waals surface area contributed by atoms with Crippen LogP contribution in [0.25, 0.3) is 81.4 Å². The van der Waals surface area contributed by atoms with Gasteiger partial charge in [-0.05, 0) is 69.8 Å². The van der Waals surface area contributed by atoms with E-state index in [0.717, 1.165) is 22.3 Å². The van der Waals surface area contributed by atoms with Crippen LogP contribution in [0.2, 0.25) is 0 Å². The topological polar surface area (TPSA) is 30.7 Å². The van der Waals surface area contributed by atoms with E-state index >= 15 is 0 Å². The Morgan fingerprint density at radius 3 is 2.28 bits per heavy atom. The summed E-state index contributed by atoms with van der Waals surface area (Å²) in [4.78, 5) is 10.0. The van der Waals surface area contributed by atoms with E-state index < -0.39 is 0 Å². The van der Waals surface area contributed by atoms with Crippen molar-refractivity contribution in [3.05, 3.63) is 151 Å². The molecule has 0 fully saturated rings. The molecule has 4 heteroatoms. The second kappa shape index (κ2) is 9.71. The van der Waals surface area contributed by atoms with Crippen LogP contribution in [0.1, 0.15) is 25.0 Å². The highest BCUT2D eigenvalue weighted by Gasteiger charge is 2.35. The predicted molar refractivity (Wildman–Crippen MR) is 198 cm³/mol. The number of fused-ring (bicyclic) bond motifs is 10. The molecular weight excluding hydrogens is 591 g/mol. The molecule has 6 aromatic carbocycles. The highest BCUT2D eigenvalue weighted by atomic mass is 32.1. The standard InChI is InChI=1S/C43H29N3S/c1-43(2)34-15-6-3-12-29(34)30-19-18-27(25-35(30)43)26-10-9-11-28(24-26)36-22-23-44-42(45-36)46-37-16-7-4-14-33(37)40-38(46)21-20-32-31-13-5-8-17-39(31)47-41(32)40/h3-25H,1-2H3. The molecule has 0 unspecified atom stereocenters. The highest BCUT2D eigenvalue weighted by molar-refractivity contribution is 7.26. The van der Waals surface area contributed by atoms with Crippen LogP contribution in [0.3, 0.4) is 0 Å². The van der Waals surface area contributed by atoms with Crippen molar-refractivity contribution in [3.63, 3.8) is 0 Å². The summed E-state index contributed by atoms with van der Waals surface area (Å²) in [5.41, 5.74) is 12.0. The molecule has 0 bridgehead atoms. The summed E-state index contributed by atoms with van der Waals surface area (Å²) in [6, 6.07) is 48.3. The molecule has 3 heterocycles. The van der Waals surface area contributed by atoms with E-state index in [9.17, 15) is 0 Å². The van der Waals surface area contributed by atoms with Gasteiger partial charge in [0.1, 0.15) is 0 Å². The second-order valence-electron chi connectivity index (χ2n) is 13.0. The lowest BCUT2D eigenvalue weighted by Crippen LogP contribution is -2.14. The Kier molecular flexibility index (Phi) is 5.50. The molecule has 0 atom stereocenters. The maximum atomic E-state index is 5.21. The molecule has 47 heavy (non-hydrogen) atoms. The third-order valence-corrected chi connectivity index (χ3v) is 11.3. The Hall–Kier alpha value is -5.58. The molecule has 10 rings (SSSR count). The van der Waals surface area contributed by atoms with Crippen LogP contribution in [-0.4, -0.2) is 14.5 Å². The van der Waals surface area contributed by atoms with Crippen molar-refractivity contribution in [3.8, 4) is 39.5 Å². The van der Waals surface area contributed by atoms with Crippen LogP contribution in [0.15, 0.2) is 140 Å². The fraction of sp³-hybridized carbons (Fsp3) is 0.0698. The van der Waals surface area contributed by atoms with Gasteiger partial charge in [0, 0.05) is 48.1 Å². The molecule has 3 nitrogen and oxygen atoms in total. The fourth-order valence-corrected chi connectivity index (χ4v) is 9.07. The van der Waals surface area contributed by atoms with Crippen LogP contribution in [0, 0.1) is 0 Å². The van der Waals surface area contributed by atoms with Crippen LogP contribution in [-0.2, 0) is 5.41 Å². The number of hydrogen-bond acceptors (Lipinski definition) is 3. The van der Waals surface area contributed by atoms with Gasteiger partial charge in [0.2, 0.25) is 5.95 Å². The summed E-state index contributed by atoms with van der Waals surface area (Å²) in [6.07, 6.45) is 1.89. The molecule has 0 spiro atoms. The Bertz CT molecular complexity index is 2730. The van der Waals surface area contributed by atoms with Gasteiger partial charge in [-0.15, -0.1) is 11.3 Å². The monoisotopic (exact) mass is 619 g/mol. The van der Waals surface area contributed by atoms with Gasteiger partial charge in [0.15, 0.2) is 0 Å². The summed E-state index contributed by atoms with van der Waals surface area (Å²) in [5.74, 6) is 0.677.